The van der Waals surface area contributed by atoms with Crippen molar-refractivity contribution in [1.82, 2.24) is 24.3 Å². The largest absolute Gasteiger partial charge is 0.473 e. The monoisotopic (exact) mass is 472 g/mol. The van der Waals surface area contributed by atoms with E-state index < -0.39 is 15.6 Å². The predicted octanol–water partition coefficient (Wildman–Crippen LogP) is 2.24. The molecule has 1 aliphatic carbocycles. The molecule has 10 nitrogen and oxygen atoms in total. The van der Waals surface area contributed by atoms with Gasteiger partial charge in [-0.2, -0.15) is 5.10 Å². The number of carbonyl (C=O) groups excluding carboxylic acids is 1. The quantitative estimate of drug-likeness (QED) is 0.466. The van der Waals surface area contributed by atoms with Gasteiger partial charge in [-0.15, -0.1) is 0 Å². The van der Waals surface area contributed by atoms with Gasteiger partial charge in [0.05, 0.1) is 11.7 Å². The number of amides is 1. The Bertz CT molecular complexity index is 1290. The van der Waals surface area contributed by atoms with Crippen LogP contribution in [0.4, 0.5) is 11.5 Å². The van der Waals surface area contributed by atoms with Crippen LogP contribution in [0.3, 0.4) is 0 Å². The fourth-order valence-corrected chi connectivity index (χ4v) is 4.40. The van der Waals surface area contributed by atoms with Gasteiger partial charge in [0.15, 0.2) is 5.82 Å². The van der Waals surface area contributed by atoms with Crippen molar-refractivity contribution in [3.05, 3.63) is 42.0 Å². The van der Waals surface area contributed by atoms with Crippen molar-refractivity contribution in [1.29, 1.82) is 0 Å². The number of nitrogens with zero attached hydrogens (tertiary/aromatic N) is 4. The molecule has 0 bridgehead atoms. The maximum atomic E-state index is 12.7. The summed E-state index contributed by atoms with van der Waals surface area (Å²) in [6.45, 7) is 3.43. The van der Waals surface area contributed by atoms with Crippen LogP contribution in [0.1, 0.15) is 48.5 Å². The van der Waals surface area contributed by atoms with Crippen molar-refractivity contribution in [3.8, 4) is 5.88 Å². The standard InChI is InChI=1S/C22H28N6O4S/c1-4-33(3,31)27-21(30)17-12-28-19(14(17)2)20(24-13-25-28)26-18-6-5-11-23-22(18)32-16-9-7-15(29)8-10-16/h4-6,11-13,15-16,29H,7-10H2,1-3H3,(H,24,25,26)(H,27,30,31). The van der Waals surface area contributed by atoms with Crippen LogP contribution < -0.4 is 14.8 Å². The Hall–Kier alpha value is -3.18. The highest BCUT2D eigenvalue weighted by molar-refractivity contribution is 7.99. The van der Waals surface area contributed by atoms with Gasteiger partial charge >= 0.3 is 0 Å². The second kappa shape index (κ2) is 9.36. The number of nitrogens with one attached hydrogen (secondary N) is 2. The third-order valence-corrected chi connectivity index (χ3v) is 7.25. The van der Waals surface area contributed by atoms with Gasteiger partial charge in [0.2, 0.25) is 5.88 Å². The third kappa shape index (κ3) is 5.09. The zero-order valence-corrected chi connectivity index (χ0v) is 19.6. The van der Waals surface area contributed by atoms with Gasteiger partial charge in [-0.1, -0.05) is 0 Å². The van der Waals surface area contributed by atoms with Crippen molar-refractivity contribution in [2.45, 2.75) is 51.7 Å². The Morgan fingerprint density at radius 1 is 1.30 bits per heavy atom. The van der Waals surface area contributed by atoms with Crippen LogP contribution >= 0.6 is 0 Å². The molecule has 3 aromatic rings. The first-order valence-electron chi connectivity index (χ1n) is 10.8. The smallest absolute Gasteiger partial charge is 0.264 e. The minimum atomic E-state index is -2.58. The van der Waals surface area contributed by atoms with E-state index in [0.29, 0.717) is 46.9 Å². The molecule has 1 amide bonds. The summed E-state index contributed by atoms with van der Waals surface area (Å²) in [4.78, 5) is 21.5. The molecular formula is C22H28N6O4S. The SMILES string of the molecule is CC=S(C)(=O)NC(=O)c1cn2ncnc(Nc3cccnc3OC3CCC(O)CC3)c2c1C. The highest BCUT2D eigenvalue weighted by atomic mass is 32.2. The van der Waals surface area contributed by atoms with E-state index in [1.807, 2.05) is 6.07 Å². The zero-order chi connectivity index (χ0) is 23.6. The maximum absolute atomic E-state index is 12.7. The molecule has 0 aliphatic heterocycles. The molecule has 3 N–H and O–H groups in total. The summed E-state index contributed by atoms with van der Waals surface area (Å²) >= 11 is 0. The highest BCUT2D eigenvalue weighted by Crippen LogP contribution is 2.31. The molecule has 11 heteroatoms. The van der Waals surface area contributed by atoms with Crippen molar-refractivity contribution in [2.24, 2.45) is 0 Å². The summed E-state index contributed by atoms with van der Waals surface area (Å²) in [5.41, 5.74) is 2.25. The topological polar surface area (TPSA) is 131 Å². The summed E-state index contributed by atoms with van der Waals surface area (Å²) in [5, 5.41) is 18.7. The number of hydrogen-bond acceptors (Lipinski definition) is 8. The Kier molecular flexibility index (Phi) is 6.52. The second-order valence-electron chi connectivity index (χ2n) is 8.17. The fraction of sp³-hybridized carbons (Fsp3) is 0.409. The number of pyridine rings is 1. The molecule has 3 heterocycles. The molecule has 0 spiro atoms. The normalized spacial score (nSPS) is 20.1. The molecule has 3 aromatic heterocycles. The van der Waals surface area contributed by atoms with Crippen LogP contribution in [0.15, 0.2) is 30.9 Å². The van der Waals surface area contributed by atoms with E-state index in [4.69, 9.17) is 4.74 Å². The highest BCUT2D eigenvalue weighted by Gasteiger charge is 2.23. The average molecular weight is 473 g/mol. The molecule has 1 unspecified atom stereocenters. The summed E-state index contributed by atoms with van der Waals surface area (Å²) < 4.78 is 22.6. The van der Waals surface area contributed by atoms with E-state index in [2.05, 4.69) is 25.1 Å². The molecule has 1 saturated carbocycles. The average Bonchev–Trinajstić information content (AvgIpc) is 3.14. The van der Waals surface area contributed by atoms with E-state index in [0.717, 1.165) is 12.8 Å². The van der Waals surface area contributed by atoms with Crippen molar-refractivity contribution in [3.63, 3.8) is 0 Å². The molecule has 4 rings (SSSR count). The molecular weight excluding hydrogens is 444 g/mol. The number of ether oxygens (including phenoxy) is 1. The van der Waals surface area contributed by atoms with E-state index in [1.165, 1.54) is 18.0 Å². The summed E-state index contributed by atoms with van der Waals surface area (Å²) in [7, 11) is -2.58. The van der Waals surface area contributed by atoms with Crippen LogP contribution in [0.5, 0.6) is 5.88 Å². The number of carbonyl (C=O) groups is 1. The van der Waals surface area contributed by atoms with Gasteiger partial charge in [-0.3, -0.25) is 9.52 Å². The Morgan fingerprint density at radius 2 is 2.06 bits per heavy atom. The lowest BCUT2D eigenvalue weighted by molar-refractivity contribution is 0.0647. The lowest BCUT2D eigenvalue weighted by Crippen LogP contribution is -2.30. The summed E-state index contributed by atoms with van der Waals surface area (Å²) in [6, 6.07) is 3.63. The Labute approximate surface area is 192 Å². The first-order chi connectivity index (χ1) is 15.8. The molecule has 176 valence electrons. The number of hydrogen-bond donors (Lipinski definition) is 3. The van der Waals surface area contributed by atoms with Crippen LogP contribution in [0.2, 0.25) is 0 Å². The van der Waals surface area contributed by atoms with Gasteiger partial charge < -0.3 is 15.2 Å². The van der Waals surface area contributed by atoms with Gasteiger partial charge in [-0.25, -0.2) is 18.7 Å². The van der Waals surface area contributed by atoms with E-state index in [-0.39, 0.29) is 12.2 Å². The summed E-state index contributed by atoms with van der Waals surface area (Å²) in [5.74, 6) is 0.485. The number of aliphatic hydroxyl groups excluding tert-OH is 1. The fourth-order valence-electron chi connectivity index (χ4n) is 3.81. The zero-order valence-electron chi connectivity index (χ0n) is 18.8. The van der Waals surface area contributed by atoms with Crippen molar-refractivity contribution in [2.75, 3.05) is 11.6 Å². The van der Waals surface area contributed by atoms with Crippen LogP contribution in [0, 0.1) is 6.92 Å². The van der Waals surface area contributed by atoms with Crippen LogP contribution in [0.25, 0.3) is 5.52 Å². The molecule has 1 aliphatic rings. The van der Waals surface area contributed by atoms with Crippen LogP contribution in [-0.2, 0) is 9.71 Å². The first-order valence-corrected chi connectivity index (χ1v) is 12.8. The summed E-state index contributed by atoms with van der Waals surface area (Å²) in [6.07, 6.45) is 8.78. The van der Waals surface area contributed by atoms with Crippen LogP contribution in [-0.4, -0.2) is 58.6 Å². The van der Waals surface area contributed by atoms with Gasteiger partial charge in [0.1, 0.15) is 23.6 Å². The van der Waals surface area contributed by atoms with Gasteiger partial charge in [0, 0.05) is 28.4 Å². The number of fused-ring (bicyclic) bond motifs is 1. The Morgan fingerprint density at radius 3 is 2.79 bits per heavy atom. The van der Waals surface area contributed by atoms with E-state index in [1.54, 1.807) is 36.8 Å². The maximum Gasteiger partial charge on any atom is 0.264 e. The minimum Gasteiger partial charge on any atom is -0.473 e. The molecule has 1 fully saturated rings. The number of anilines is 2. The van der Waals surface area contributed by atoms with E-state index >= 15 is 0 Å². The molecule has 33 heavy (non-hydrogen) atoms. The third-order valence-electron chi connectivity index (χ3n) is 5.76. The lowest BCUT2D eigenvalue weighted by atomic mass is 9.95. The predicted molar refractivity (Wildman–Crippen MR) is 127 cm³/mol. The lowest BCUT2D eigenvalue weighted by Gasteiger charge is -2.26. The second-order valence-corrected chi connectivity index (χ2v) is 10.7. The molecule has 0 aromatic carbocycles. The van der Waals surface area contributed by atoms with Crippen molar-refractivity contribution < 1.29 is 18.8 Å². The van der Waals surface area contributed by atoms with E-state index in [9.17, 15) is 14.1 Å². The molecule has 1 atom stereocenters. The number of aryl methyl sites for hydroxylation is 1. The first kappa shape index (κ1) is 23.0. The van der Waals surface area contributed by atoms with Gasteiger partial charge in [0.25, 0.3) is 5.91 Å². The molecule has 0 radical (unpaired) electrons. The Balaban J connectivity index is 1.63. The minimum absolute atomic E-state index is 0.0149. The number of aliphatic hydroxyl groups is 1. The van der Waals surface area contributed by atoms with Crippen molar-refractivity contribution >= 4 is 38.0 Å². The number of aromatic nitrogens is 4. The van der Waals surface area contributed by atoms with Gasteiger partial charge in [-0.05, 0) is 62.6 Å². The number of rotatable bonds is 6. The molecule has 0 saturated heterocycles.